The third-order valence-electron chi connectivity index (χ3n) is 1.47. The van der Waals surface area contributed by atoms with Crippen molar-refractivity contribution in [1.29, 1.82) is 0 Å². The topological polar surface area (TPSA) is 61.8 Å². The van der Waals surface area contributed by atoms with Gasteiger partial charge in [0.25, 0.3) is 0 Å². The van der Waals surface area contributed by atoms with Crippen molar-refractivity contribution in [3.05, 3.63) is 0 Å². The Bertz CT molecular complexity index is 190. The van der Waals surface area contributed by atoms with Gasteiger partial charge in [0, 0.05) is 6.92 Å². The highest BCUT2D eigenvalue weighted by atomic mass is 16.7. The fourth-order valence-corrected chi connectivity index (χ4v) is 0.591. The molecule has 0 rings (SSSR count). The molecule has 0 aromatic heterocycles. The number of esters is 2. The van der Waals surface area contributed by atoms with Crippen LogP contribution in [0.1, 0.15) is 27.2 Å². The Balaban J connectivity index is 3.40. The molecule has 5 nitrogen and oxygen atoms in total. The van der Waals surface area contributed by atoms with Crippen LogP contribution in [0.3, 0.4) is 0 Å². The maximum absolute atomic E-state index is 11.0. The predicted molar refractivity (Wildman–Crippen MR) is 48.4 cm³/mol. The van der Waals surface area contributed by atoms with Crippen LogP contribution in [-0.4, -0.2) is 31.4 Å². The number of carbonyl (C=O) groups is 2. The van der Waals surface area contributed by atoms with Gasteiger partial charge in [-0.15, -0.1) is 0 Å². The molecule has 0 saturated heterocycles. The second kappa shape index (κ2) is 7.32. The third kappa shape index (κ3) is 7.54. The molecule has 0 aromatic rings. The first-order valence-corrected chi connectivity index (χ1v) is 4.46. The predicted octanol–water partition coefficient (Wildman–Crippen LogP) is 0.865. The molecule has 1 atom stereocenters. The molecular formula is C9H16O5. The molecule has 0 amide bonds. The van der Waals surface area contributed by atoms with Gasteiger partial charge in [0.2, 0.25) is 0 Å². The van der Waals surface area contributed by atoms with Gasteiger partial charge in [-0.05, 0) is 13.3 Å². The molecule has 0 aromatic carbocycles. The van der Waals surface area contributed by atoms with E-state index in [4.69, 9.17) is 9.47 Å². The average molecular weight is 204 g/mol. The van der Waals surface area contributed by atoms with Crippen LogP contribution in [-0.2, 0) is 23.8 Å². The quantitative estimate of drug-likeness (QED) is 0.365. The van der Waals surface area contributed by atoms with Gasteiger partial charge >= 0.3 is 11.9 Å². The highest BCUT2D eigenvalue weighted by Crippen LogP contribution is 1.96. The molecule has 0 heterocycles. The lowest BCUT2D eigenvalue weighted by molar-refractivity contribution is -0.166. The van der Waals surface area contributed by atoms with Crippen LogP contribution >= 0.6 is 0 Å². The highest BCUT2D eigenvalue weighted by molar-refractivity contribution is 5.70. The smallest absolute Gasteiger partial charge is 0.332 e. The Hall–Kier alpha value is -1.10. The summed E-state index contributed by atoms with van der Waals surface area (Å²) in [5.41, 5.74) is 0. The van der Waals surface area contributed by atoms with Crippen molar-refractivity contribution in [2.75, 3.05) is 13.4 Å². The van der Waals surface area contributed by atoms with Crippen LogP contribution in [0.4, 0.5) is 0 Å². The van der Waals surface area contributed by atoms with E-state index in [0.717, 1.165) is 6.42 Å². The number of carbonyl (C=O) groups excluding carboxylic acids is 2. The van der Waals surface area contributed by atoms with Crippen molar-refractivity contribution >= 4 is 11.9 Å². The molecular weight excluding hydrogens is 188 g/mol. The van der Waals surface area contributed by atoms with Crippen LogP contribution in [0.5, 0.6) is 0 Å². The van der Waals surface area contributed by atoms with E-state index < -0.39 is 11.9 Å². The monoisotopic (exact) mass is 204 g/mol. The van der Waals surface area contributed by atoms with E-state index in [2.05, 4.69) is 4.74 Å². The Labute approximate surface area is 83.3 Å². The molecule has 5 heteroatoms. The molecule has 1 unspecified atom stereocenters. The van der Waals surface area contributed by atoms with Gasteiger partial charge in [0.05, 0.1) is 6.10 Å². The minimum Gasteiger partial charge on any atom is -0.461 e. The van der Waals surface area contributed by atoms with Crippen molar-refractivity contribution in [3.63, 3.8) is 0 Å². The highest BCUT2D eigenvalue weighted by Gasteiger charge is 2.07. The van der Waals surface area contributed by atoms with Crippen molar-refractivity contribution in [3.8, 4) is 0 Å². The van der Waals surface area contributed by atoms with Crippen LogP contribution in [0.25, 0.3) is 0 Å². The zero-order valence-electron chi connectivity index (χ0n) is 8.74. The number of hydrogen-bond acceptors (Lipinski definition) is 5. The van der Waals surface area contributed by atoms with E-state index in [1.807, 2.05) is 6.92 Å². The third-order valence-corrected chi connectivity index (χ3v) is 1.47. The summed E-state index contributed by atoms with van der Waals surface area (Å²) < 4.78 is 14.1. The van der Waals surface area contributed by atoms with E-state index >= 15 is 0 Å². The van der Waals surface area contributed by atoms with Crippen molar-refractivity contribution < 1.29 is 23.8 Å². The summed E-state index contributed by atoms with van der Waals surface area (Å²) in [5, 5.41) is 0. The van der Waals surface area contributed by atoms with Gasteiger partial charge in [0.1, 0.15) is 6.61 Å². The fourth-order valence-electron chi connectivity index (χ4n) is 0.591. The molecule has 0 saturated carbocycles. The molecule has 82 valence electrons. The fraction of sp³-hybridized carbons (Fsp3) is 0.778. The molecule has 0 bridgehead atoms. The molecule has 0 spiro atoms. The second-order valence-electron chi connectivity index (χ2n) is 2.81. The lowest BCUT2D eigenvalue weighted by atomic mass is 10.3. The minimum absolute atomic E-state index is 0.111. The lowest BCUT2D eigenvalue weighted by Crippen LogP contribution is -2.19. The molecule has 0 aliphatic rings. The molecule has 0 radical (unpaired) electrons. The van der Waals surface area contributed by atoms with E-state index in [1.165, 1.54) is 6.92 Å². The van der Waals surface area contributed by atoms with Gasteiger partial charge < -0.3 is 14.2 Å². The second-order valence-corrected chi connectivity index (χ2v) is 2.81. The van der Waals surface area contributed by atoms with Crippen LogP contribution in [0.2, 0.25) is 0 Å². The standard InChI is InChI=1S/C9H16O5/c1-4-7(2)14-9(11)5-12-6-13-8(3)10/h7H,4-6H2,1-3H3. The zero-order valence-corrected chi connectivity index (χ0v) is 8.74. The lowest BCUT2D eigenvalue weighted by Gasteiger charge is -2.10. The number of ether oxygens (including phenoxy) is 3. The Morgan fingerprint density at radius 3 is 2.50 bits per heavy atom. The molecule has 0 fully saturated rings. The molecule has 0 aliphatic carbocycles. The Kier molecular flexibility index (Phi) is 6.74. The SMILES string of the molecule is CCC(C)OC(=O)COCOC(C)=O. The summed E-state index contributed by atoms with van der Waals surface area (Å²) in [6.07, 6.45) is 0.648. The Morgan fingerprint density at radius 1 is 1.36 bits per heavy atom. The summed E-state index contributed by atoms with van der Waals surface area (Å²) in [5.74, 6) is -0.896. The van der Waals surface area contributed by atoms with Crippen LogP contribution < -0.4 is 0 Å². The maximum Gasteiger partial charge on any atom is 0.332 e. The summed E-state index contributed by atoms with van der Waals surface area (Å²) in [6.45, 7) is 4.56. The minimum atomic E-state index is -0.452. The number of rotatable bonds is 6. The van der Waals surface area contributed by atoms with Crippen molar-refractivity contribution in [2.24, 2.45) is 0 Å². The molecule has 0 N–H and O–H groups in total. The van der Waals surface area contributed by atoms with Crippen molar-refractivity contribution in [2.45, 2.75) is 33.3 Å². The van der Waals surface area contributed by atoms with Crippen LogP contribution in [0, 0.1) is 0 Å². The number of hydrogen-bond donors (Lipinski definition) is 0. The van der Waals surface area contributed by atoms with E-state index in [1.54, 1.807) is 6.92 Å². The first kappa shape index (κ1) is 12.9. The van der Waals surface area contributed by atoms with Gasteiger partial charge in [-0.3, -0.25) is 4.79 Å². The summed E-state index contributed by atoms with van der Waals surface area (Å²) in [4.78, 5) is 21.3. The first-order chi connectivity index (χ1) is 6.56. The van der Waals surface area contributed by atoms with Gasteiger partial charge in [-0.2, -0.15) is 0 Å². The molecule has 0 aliphatic heterocycles. The normalized spacial score (nSPS) is 11.9. The average Bonchev–Trinajstić information content (AvgIpc) is 2.12. The van der Waals surface area contributed by atoms with E-state index in [9.17, 15) is 9.59 Å². The van der Waals surface area contributed by atoms with Gasteiger partial charge in [-0.1, -0.05) is 6.92 Å². The van der Waals surface area contributed by atoms with Gasteiger partial charge in [0.15, 0.2) is 6.79 Å². The summed E-state index contributed by atoms with van der Waals surface area (Å²) in [6, 6.07) is 0. The maximum atomic E-state index is 11.0. The van der Waals surface area contributed by atoms with Crippen molar-refractivity contribution in [1.82, 2.24) is 0 Å². The van der Waals surface area contributed by atoms with Gasteiger partial charge in [-0.25, -0.2) is 4.79 Å². The summed E-state index contributed by atoms with van der Waals surface area (Å²) >= 11 is 0. The Morgan fingerprint density at radius 2 is 2.00 bits per heavy atom. The van der Waals surface area contributed by atoms with E-state index in [-0.39, 0.29) is 19.5 Å². The summed E-state index contributed by atoms with van der Waals surface area (Å²) in [7, 11) is 0. The largest absolute Gasteiger partial charge is 0.461 e. The first-order valence-electron chi connectivity index (χ1n) is 4.46. The van der Waals surface area contributed by atoms with E-state index in [0.29, 0.717) is 0 Å². The molecule has 14 heavy (non-hydrogen) atoms. The zero-order chi connectivity index (χ0) is 11.0. The van der Waals surface area contributed by atoms with Crippen LogP contribution in [0.15, 0.2) is 0 Å².